The smallest absolute Gasteiger partial charge is 0.237 e. The van der Waals surface area contributed by atoms with Crippen LogP contribution in [-0.4, -0.2) is 30.9 Å². The van der Waals surface area contributed by atoms with Gasteiger partial charge in [-0.3, -0.25) is 9.69 Å². The Balaban J connectivity index is 1.63. The minimum absolute atomic E-state index is 0.0647. The average Bonchev–Trinajstić information content (AvgIpc) is 3.02. The molecule has 132 valence electrons. The van der Waals surface area contributed by atoms with Crippen LogP contribution in [0.1, 0.15) is 30.0 Å². The van der Waals surface area contributed by atoms with E-state index in [1.807, 2.05) is 31.3 Å². The second kappa shape index (κ2) is 7.66. The molecule has 0 unspecified atom stereocenters. The maximum absolute atomic E-state index is 13.6. The predicted molar refractivity (Wildman–Crippen MR) is 94.8 cm³/mol. The number of hydrogen-bond donors (Lipinski definition) is 1. The number of carbonyl (C=O) groups excluding carboxylic acids is 1. The molecule has 1 N–H and O–H groups in total. The van der Waals surface area contributed by atoms with E-state index in [0.29, 0.717) is 11.3 Å². The minimum Gasteiger partial charge on any atom is -0.489 e. The molecule has 1 saturated heterocycles. The summed E-state index contributed by atoms with van der Waals surface area (Å²) in [5.41, 5.74) is 1.70. The monoisotopic (exact) mass is 342 g/mol. The number of benzene rings is 2. The van der Waals surface area contributed by atoms with E-state index in [9.17, 15) is 9.18 Å². The van der Waals surface area contributed by atoms with Crippen molar-refractivity contribution < 1.29 is 13.9 Å². The zero-order chi connectivity index (χ0) is 17.8. The molecule has 1 heterocycles. The standard InChI is InChI=1S/C20H23FN2O2/c1-22-20(24)19-12-11-18(23(19)2)14-7-9-16(10-8-14)25-13-15-5-3-4-6-17(15)21/h3-10,18-19H,11-13H2,1-2H3,(H,22,24)/t18-,19+/m1/s1. The van der Waals surface area contributed by atoms with Gasteiger partial charge in [0.05, 0.1) is 6.04 Å². The second-order valence-corrected chi connectivity index (χ2v) is 6.34. The van der Waals surface area contributed by atoms with Crippen molar-refractivity contribution in [1.82, 2.24) is 10.2 Å². The minimum atomic E-state index is -0.257. The first kappa shape index (κ1) is 17.4. The van der Waals surface area contributed by atoms with Crippen LogP contribution in [0.4, 0.5) is 4.39 Å². The maximum atomic E-state index is 13.6. The Hall–Kier alpha value is -2.40. The van der Waals surface area contributed by atoms with Crippen molar-refractivity contribution in [3.63, 3.8) is 0 Å². The topological polar surface area (TPSA) is 41.6 Å². The second-order valence-electron chi connectivity index (χ2n) is 6.34. The lowest BCUT2D eigenvalue weighted by molar-refractivity contribution is -0.124. The number of carbonyl (C=O) groups is 1. The van der Waals surface area contributed by atoms with Crippen LogP contribution in [0.5, 0.6) is 5.75 Å². The van der Waals surface area contributed by atoms with E-state index < -0.39 is 0 Å². The molecule has 25 heavy (non-hydrogen) atoms. The number of nitrogens with one attached hydrogen (secondary N) is 1. The number of ether oxygens (including phenoxy) is 1. The van der Waals surface area contributed by atoms with Crippen LogP contribution in [0.25, 0.3) is 0 Å². The highest BCUT2D eigenvalue weighted by Crippen LogP contribution is 2.35. The summed E-state index contributed by atoms with van der Waals surface area (Å²) in [5, 5.41) is 2.72. The van der Waals surface area contributed by atoms with E-state index in [4.69, 9.17) is 4.74 Å². The molecule has 2 aromatic carbocycles. The van der Waals surface area contributed by atoms with Crippen molar-refractivity contribution in [2.75, 3.05) is 14.1 Å². The number of amides is 1. The van der Waals surface area contributed by atoms with E-state index in [1.54, 1.807) is 25.2 Å². The van der Waals surface area contributed by atoms with Gasteiger partial charge in [-0.1, -0.05) is 30.3 Å². The van der Waals surface area contributed by atoms with Crippen LogP contribution in [0.15, 0.2) is 48.5 Å². The van der Waals surface area contributed by atoms with E-state index in [0.717, 1.165) is 18.4 Å². The predicted octanol–water partition coefficient (Wildman–Crippen LogP) is 3.29. The Bertz CT molecular complexity index is 733. The molecule has 0 aromatic heterocycles. The Morgan fingerprint density at radius 1 is 1.20 bits per heavy atom. The van der Waals surface area contributed by atoms with E-state index >= 15 is 0 Å². The molecule has 0 bridgehead atoms. The van der Waals surface area contributed by atoms with Gasteiger partial charge in [-0.25, -0.2) is 4.39 Å². The third-order valence-corrected chi connectivity index (χ3v) is 4.86. The van der Waals surface area contributed by atoms with E-state index in [-0.39, 0.29) is 30.4 Å². The van der Waals surface area contributed by atoms with Gasteiger partial charge in [0.1, 0.15) is 18.2 Å². The lowest BCUT2D eigenvalue weighted by Gasteiger charge is -2.25. The van der Waals surface area contributed by atoms with Gasteiger partial charge >= 0.3 is 0 Å². The van der Waals surface area contributed by atoms with Gasteiger partial charge in [-0.2, -0.15) is 0 Å². The molecular formula is C20H23FN2O2. The first-order valence-corrected chi connectivity index (χ1v) is 8.50. The summed E-state index contributed by atoms with van der Waals surface area (Å²) in [6, 6.07) is 14.6. The van der Waals surface area contributed by atoms with Crippen molar-refractivity contribution >= 4 is 5.91 Å². The Kier molecular flexibility index (Phi) is 5.34. The lowest BCUT2D eigenvalue weighted by atomic mass is 10.0. The first-order valence-electron chi connectivity index (χ1n) is 8.50. The van der Waals surface area contributed by atoms with Gasteiger partial charge in [0.15, 0.2) is 0 Å². The third-order valence-electron chi connectivity index (χ3n) is 4.86. The highest BCUT2D eigenvalue weighted by Gasteiger charge is 2.35. The highest BCUT2D eigenvalue weighted by atomic mass is 19.1. The van der Waals surface area contributed by atoms with Gasteiger partial charge in [-0.05, 0) is 43.7 Å². The van der Waals surface area contributed by atoms with Crippen molar-refractivity contribution in [3.8, 4) is 5.75 Å². The maximum Gasteiger partial charge on any atom is 0.237 e. The fourth-order valence-corrected chi connectivity index (χ4v) is 3.39. The quantitative estimate of drug-likeness (QED) is 0.907. The molecule has 1 amide bonds. The fraction of sp³-hybridized carbons (Fsp3) is 0.350. The molecule has 2 aromatic rings. The molecule has 0 saturated carbocycles. The van der Waals surface area contributed by atoms with Crippen molar-refractivity contribution in [1.29, 1.82) is 0 Å². The molecule has 5 heteroatoms. The SMILES string of the molecule is CNC(=O)[C@@H]1CC[C@H](c2ccc(OCc3ccccc3F)cc2)N1C. The average molecular weight is 342 g/mol. The summed E-state index contributed by atoms with van der Waals surface area (Å²) < 4.78 is 19.3. The third kappa shape index (κ3) is 3.82. The van der Waals surface area contributed by atoms with Crippen LogP contribution in [-0.2, 0) is 11.4 Å². The molecule has 1 aliphatic heterocycles. The summed E-state index contributed by atoms with van der Waals surface area (Å²) in [6.07, 6.45) is 1.80. The van der Waals surface area contributed by atoms with Gasteiger partial charge in [0.2, 0.25) is 5.91 Å². The molecule has 2 atom stereocenters. The Labute approximate surface area is 147 Å². The van der Waals surface area contributed by atoms with Crippen molar-refractivity contribution in [2.24, 2.45) is 0 Å². The van der Waals surface area contributed by atoms with Crippen LogP contribution in [0.3, 0.4) is 0 Å². The lowest BCUT2D eigenvalue weighted by Crippen LogP contribution is -2.40. The summed E-state index contributed by atoms with van der Waals surface area (Å²) in [6.45, 7) is 0.202. The van der Waals surface area contributed by atoms with Crippen LogP contribution < -0.4 is 10.1 Å². The number of hydrogen-bond acceptors (Lipinski definition) is 3. The fourth-order valence-electron chi connectivity index (χ4n) is 3.39. The molecule has 1 aliphatic rings. The van der Waals surface area contributed by atoms with Gasteiger partial charge < -0.3 is 10.1 Å². The van der Waals surface area contributed by atoms with Gasteiger partial charge in [-0.15, -0.1) is 0 Å². The number of rotatable bonds is 5. The van der Waals surface area contributed by atoms with E-state index in [2.05, 4.69) is 10.2 Å². The molecule has 0 aliphatic carbocycles. The first-order chi connectivity index (χ1) is 12.1. The summed E-state index contributed by atoms with van der Waals surface area (Å²) in [4.78, 5) is 14.0. The Morgan fingerprint density at radius 2 is 1.92 bits per heavy atom. The summed E-state index contributed by atoms with van der Waals surface area (Å²) in [7, 11) is 3.66. The van der Waals surface area contributed by atoms with E-state index in [1.165, 1.54) is 6.07 Å². The zero-order valence-corrected chi connectivity index (χ0v) is 14.5. The van der Waals surface area contributed by atoms with Crippen LogP contribution in [0.2, 0.25) is 0 Å². The van der Waals surface area contributed by atoms with Gasteiger partial charge in [0.25, 0.3) is 0 Å². The van der Waals surface area contributed by atoms with Gasteiger partial charge in [0, 0.05) is 18.7 Å². The normalized spacial score (nSPS) is 20.4. The molecule has 0 radical (unpaired) electrons. The zero-order valence-electron chi connectivity index (χ0n) is 14.5. The summed E-state index contributed by atoms with van der Waals surface area (Å²) in [5.74, 6) is 0.511. The number of nitrogens with zero attached hydrogens (tertiary/aromatic N) is 1. The molecule has 0 spiro atoms. The number of likely N-dealkylation sites (tertiary alicyclic amines) is 1. The highest BCUT2D eigenvalue weighted by molar-refractivity contribution is 5.81. The molecule has 4 nitrogen and oxygen atoms in total. The number of likely N-dealkylation sites (N-methyl/N-ethyl adjacent to an activating group) is 2. The summed E-state index contributed by atoms with van der Waals surface area (Å²) >= 11 is 0. The van der Waals surface area contributed by atoms with Crippen LogP contribution >= 0.6 is 0 Å². The largest absolute Gasteiger partial charge is 0.489 e. The molecule has 3 rings (SSSR count). The molecular weight excluding hydrogens is 319 g/mol. The Morgan fingerprint density at radius 3 is 2.60 bits per heavy atom. The molecule has 1 fully saturated rings. The van der Waals surface area contributed by atoms with Crippen molar-refractivity contribution in [3.05, 3.63) is 65.5 Å². The van der Waals surface area contributed by atoms with Crippen molar-refractivity contribution in [2.45, 2.75) is 31.5 Å². The number of halogens is 1. The van der Waals surface area contributed by atoms with Crippen LogP contribution in [0, 0.1) is 5.82 Å².